The zero-order valence-electron chi connectivity index (χ0n) is 6.90. The highest BCUT2D eigenvalue weighted by Crippen LogP contribution is 2.22. The van der Waals surface area contributed by atoms with Gasteiger partial charge in [-0.1, -0.05) is 18.2 Å². The van der Waals surface area contributed by atoms with Crippen molar-refractivity contribution in [3.05, 3.63) is 36.5 Å². The van der Waals surface area contributed by atoms with E-state index in [0.717, 1.165) is 16.7 Å². The summed E-state index contributed by atoms with van der Waals surface area (Å²) in [6.07, 6.45) is 1.78. The lowest BCUT2D eigenvalue weighted by atomic mass is 10.2. The average molecular weight is 285 g/mol. The largest absolute Gasteiger partial charge is 0.481 e. The highest BCUT2D eigenvalue weighted by atomic mass is 127. The van der Waals surface area contributed by atoms with Crippen molar-refractivity contribution in [1.29, 1.82) is 0 Å². The first kappa shape index (κ1) is 8.74. The lowest BCUT2D eigenvalue weighted by Gasteiger charge is -2.04. The van der Waals surface area contributed by atoms with Crippen molar-refractivity contribution in [2.45, 2.75) is 0 Å². The molecule has 0 amide bonds. The highest BCUT2D eigenvalue weighted by Gasteiger charge is 2.00. The molecule has 0 unspecified atom stereocenters. The Balaban J connectivity index is 2.61. The molecule has 0 saturated heterocycles. The fourth-order valence-electron chi connectivity index (χ4n) is 1.25. The van der Waals surface area contributed by atoms with Crippen LogP contribution in [0, 0.1) is 0 Å². The summed E-state index contributed by atoms with van der Waals surface area (Å²) in [5.74, 6) is 0.854. The van der Waals surface area contributed by atoms with Gasteiger partial charge in [-0.25, -0.2) is 0 Å². The van der Waals surface area contributed by atoms with Crippen LogP contribution >= 0.6 is 22.6 Å². The van der Waals surface area contributed by atoms with Crippen molar-refractivity contribution in [3.63, 3.8) is 0 Å². The van der Waals surface area contributed by atoms with Crippen molar-refractivity contribution in [3.8, 4) is 5.75 Å². The van der Waals surface area contributed by atoms with Crippen molar-refractivity contribution < 1.29 is 4.74 Å². The van der Waals surface area contributed by atoms with Crippen molar-refractivity contribution in [2.24, 2.45) is 0 Å². The molecule has 66 valence electrons. The fourth-order valence-corrected chi connectivity index (χ4v) is 1.59. The monoisotopic (exact) mass is 285 g/mol. The number of hydrogen-bond donors (Lipinski definition) is 0. The van der Waals surface area contributed by atoms with Gasteiger partial charge in [-0.2, -0.15) is 0 Å². The van der Waals surface area contributed by atoms with Gasteiger partial charge in [0.1, 0.15) is 15.9 Å². The van der Waals surface area contributed by atoms with Gasteiger partial charge in [0, 0.05) is 11.6 Å². The van der Waals surface area contributed by atoms with E-state index in [2.05, 4.69) is 27.6 Å². The summed E-state index contributed by atoms with van der Waals surface area (Å²) in [4.78, 5) is 4.27. The van der Waals surface area contributed by atoms with Gasteiger partial charge >= 0.3 is 0 Å². The van der Waals surface area contributed by atoms with E-state index in [1.807, 2.05) is 30.3 Å². The molecule has 0 fully saturated rings. The molecular weight excluding hydrogens is 277 g/mol. The molecular formula is C10H8INO. The summed E-state index contributed by atoms with van der Waals surface area (Å²) in [6.45, 7) is 0. The Morgan fingerprint density at radius 2 is 2.08 bits per heavy atom. The molecule has 1 aromatic carbocycles. The molecule has 0 radical (unpaired) electrons. The van der Waals surface area contributed by atoms with Gasteiger partial charge in [0.2, 0.25) is 0 Å². The van der Waals surface area contributed by atoms with Gasteiger partial charge in [0.15, 0.2) is 0 Å². The van der Waals surface area contributed by atoms with E-state index in [0.29, 0.717) is 4.61 Å². The third-order valence-electron chi connectivity index (χ3n) is 1.81. The van der Waals surface area contributed by atoms with Crippen LogP contribution in [0.1, 0.15) is 0 Å². The van der Waals surface area contributed by atoms with Crippen LogP contribution in [0.15, 0.2) is 36.5 Å². The van der Waals surface area contributed by atoms with Crippen LogP contribution in [0.4, 0.5) is 0 Å². The zero-order chi connectivity index (χ0) is 9.10. The smallest absolute Gasteiger partial charge is 0.146 e. The van der Waals surface area contributed by atoms with Crippen LogP contribution in [0.5, 0.6) is 5.75 Å². The maximum atomic E-state index is 5.44. The number of hydrogen-bond acceptors (Lipinski definition) is 2. The third-order valence-corrected chi connectivity index (χ3v) is 2.12. The first-order chi connectivity index (χ1) is 6.42. The maximum absolute atomic E-state index is 5.44. The molecule has 13 heavy (non-hydrogen) atoms. The van der Waals surface area contributed by atoms with Crippen LogP contribution in [-0.4, -0.2) is 9.60 Å². The summed E-state index contributed by atoms with van der Waals surface area (Å²) in [5, 5.41) is 1.12. The number of rotatable bonds is 2. The second-order valence-electron chi connectivity index (χ2n) is 2.58. The second-order valence-corrected chi connectivity index (χ2v) is 3.21. The molecule has 3 heteroatoms. The summed E-state index contributed by atoms with van der Waals surface area (Å²) in [7, 11) is 0. The van der Waals surface area contributed by atoms with Gasteiger partial charge < -0.3 is 4.74 Å². The van der Waals surface area contributed by atoms with Gasteiger partial charge in [-0.3, -0.25) is 4.98 Å². The Morgan fingerprint density at radius 1 is 1.23 bits per heavy atom. The second kappa shape index (κ2) is 3.91. The van der Waals surface area contributed by atoms with E-state index >= 15 is 0 Å². The summed E-state index contributed by atoms with van der Waals surface area (Å²) < 4.78 is 6.09. The molecule has 0 aliphatic heterocycles. The fraction of sp³-hybridized carbons (Fsp3) is 0.100. The molecule has 2 aromatic rings. The number of para-hydroxylation sites is 1. The van der Waals surface area contributed by atoms with E-state index < -0.39 is 0 Å². The van der Waals surface area contributed by atoms with Gasteiger partial charge in [0.05, 0.1) is 0 Å². The van der Waals surface area contributed by atoms with Gasteiger partial charge in [-0.05, 0) is 34.7 Å². The normalized spacial score (nSPS) is 10.2. The summed E-state index contributed by atoms with van der Waals surface area (Å²) in [6, 6.07) is 9.90. The Hall–Kier alpha value is -0.840. The van der Waals surface area contributed by atoms with Crippen LogP contribution < -0.4 is 4.74 Å². The van der Waals surface area contributed by atoms with Crippen molar-refractivity contribution >= 4 is 33.5 Å². The molecule has 0 aliphatic carbocycles. The number of fused-ring (bicyclic) bond motifs is 1. The molecule has 0 spiro atoms. The SMILES string of the molecule is ICOc1cccc2cccnc12. The third kappa shape index (κ3) is 1.75. The molecule has 1 heterocycles. The van der Waals surface area contributed by atoms with E-state index in [1.54, 1.807) is 6.20 Å². The first-order valence-electron chi connectivity index (χ1n) is 3.94. The van der Waals surface area contributed by atoms with E-state index in [9.17, 15) is 0 Å². The van der Waals surface area contributed by atoms with Crippen molar-refractivity contribution in [2.75, 3.05) is 4.61 Å². The zero-order valence-corrected chi connectivity index (χ0v) is 9.06. The van der Waals surface area contributed by atoms with Crippen LogP contribution in [0.25, 0.3) is 10.9 Å². The molecule has 0 atom stereocenters. The number of nitrogens with zero attached hydrogens (tertiary/aromatic N) is 1. The van der Waals surface area contributed by atoms with E-state index in [-0.39, 0.29) is 0 Å². The number of alkyl halides is 1. The lowest BCUT2D eigenvalue weighted by Crippen LogP contribution is -1.90. The van der Waals surface area contributed by atoms with Gasteiger partial charge in [-0.15, -0.1) is 0 Å². The number of halogens is 1. The minimum atomic E-state index is 0.646. The molecule has 2 rings (SSSR count). The minimum Gasteiger partial charge on any atom is -0.481 e. The summed E-state index contributed by atoms with van der Waals surface area (Å²) >= 11 is 2.17. The molecule has 1 aromatic heterocycles. The molecule has 0 N–H and O–H groups in total. The first-order valence-corrected chi connectivity index (χ1v) is 5.47. The van der Waals surface area contributed by atoms with Gasteiger partial charge in [0.25, 0.3) is 0 Å². The van der Waals surface area contributed by atoms with Crippen LogP contribution in [0.3, 0.4) is 0 Å². The number of benzene rings is 1. The Kier molecular flexibility index (Phi) is 2.63. The molecule has 2 nitrogen and oxygen atoms in total. The predicted molar refractivity (Wildman–Crippen MR) is 61.3 cm³/mol. The minimum absolute atomic E-state index is 0.646. The quantitative estimate of drug-likeness (QED) is 0.625. The maximum Gasteiger partial charge on any atom is 0.146 e. The number of pyridine rings is 1. The van der Waals surface area contributed by atoms with Crippen LogP contribution in [-0.2, 0) is 0 Å². The molecule has 0 aliphatic rings. The molecule has 0 bridgehead atoms. The highest BCUT2D eigenvalue weighted by molar-refractivity contribution is 14.1. The van der Waals surface area contributed by atoms with Crippen molar-refractivity contribution in [1.82, 2.24) is 4.98 Å². The Labute approximate surface area is 90.1 Å². The predicted octanol–water partition coefficient (Wildman–Crippen LogP) is 3.01. The van der Waals surface area contributed by atoms with Crippen LogP contribution in [0.2, 0.25) is 0 Å². The number of ether oxygens (including phenoxy) is 1. The lowest BCUT2D eigenvalue weighted by molar-refractivity contribution is 0.408. The molecule has 0 saturated carbocycles. The topological polar surface area (TPSA) is 22.1 Å². The number of aromatic nitrogens is 1. The Bertz CT molecular complexity index is 411. The standard InChI is InChI=1S/C10H8INO/c11-7-13-9-5-1-3-8-4-2-6-12-10(8)9/h1-6H,7H2. The van der Waals surface area contributed by atoms with E-state index in [1.165, 1.54) is 0 Å². The Morgan fingerprint density at radius 3 is 2.92 bits per heavy atom. The summed E-state index contributed by atoms with van der Waals surface area (Å²) in [5.41, 5.74) is 0.932. The van der Waals surface area contributed by atoms with E-state index in [4.69, 9.17) is 4.74 Å². The average Bonchev–Trinajstić information content (AvgIpc) is 2.19.